The van der Waals surface area contributed by atoms with Crippen LogP contribution in [0.15, 0.2) is 36.7 Å². The molecule has 0 aliphatic carbocycles. The predicted octanol–water partition coefficient (Wildman–Crippen LogP) is 1.43. The van der Waals surface area contributed by atoms with Gasteiger partial charge in [0.2, 0.25) is 5.91 Å². The van der Waals surface area contributed by atoms with Crippen LogP contribution in [0.5, 0.6) is 0 Å². The molecular weight excluding hydrogens is 304 g/mol. The third kappa shape index (κ3) is 3.83. The number of hydrogen-bond donors (Lipinski definition) is 2. The maximum absolute atomic E-state index is 11.2. The predicted molar refractivity (Wildman–Crippen MR) is 91.5 cm³/mol. The fourth-order valence-corrected chi connectivity index (χ4v) is 3.18. The van der Waals surface area contributed by atoms with Crippen LogP contribution in [-0.2, 0) is 18.2 Å². The molecule has 1 aliphatic rings. The molecule has 0 radical (unpaired) electrons. The molecule has 2 aromatic rings. The molecule has 1 aromatic heterocycles. The summed E-state index contributed by atoms with van der Waals surface area (Å²) in [7, 11) is 2.00. The number of carbonyl (C=O) groups is 1. The minimum atomic E-state index is -0.383. The second kappa shape index (κ2) is 7.59. The lowest BCUT2D eigenvalue weighted by Gasteiger charge is -2.18. The van der Waals surface area contributed by atoms with Crippen LogP contribution in [-0.4, -0.2) is 35.2 Å². The SMILES string of the molecule is Cn1ccnc1[C@@H]1OCC[C@H]1CNCCc1cccc(C(N)=O)c1. The van der Waals surface area contributed by atoms with Gasteiger partial charge in [-0.3, -0.25) is 4.79 Å². The number of nitrogens with one attached hydrogen (secondary N) is 1. The van der Waals surface area contributed by atoms with Gasteiger partial charge in [-0.25, -0.2) is 4.98 Å². The average Bonchev–Trinajstić information content (AvgIpc) is 3.20. The van der Waals surface area contributed by atoms with Gasteiger partial charge in [0.25, 0.3) is 0 Å². The highest BCUT2D eigenvalue weighted by Gasteiger charge is 2.31. The van der Waals surface area contributed by atoms with E-state index in [2.05, 4.69) is 10.3 Å². The Bertz CT molecular complexity index is 698. The molecular formula is C18H24N4O2. The number of aryl methyl sites for hydroxylation is 1. The van der Waals surface area contributed by atoms with Gasteiger partial charge in [0.1, 0.15) is 11.9 Å². The van der Waals surface area contributed by atoms with Crippen molar-refractivity contribution < 1.29 is 9.53 Å². The van der Waals surface area contributed by atoms with Crippen LogP contribution in [0.2, 0.25) is 0 Å². The fourth-order valence-electron chi connectivity index (χ4n) is 3.18. The molecule has 1 aromatic carbocycles. The van der Waals surface area contributed by atoms with Gasteiger partial charge in [0, 0.05) is 44.1 Å². The maximum atomic E-state index is 11.2. The Balaban J connectivity index is 1.49. The minimum absolute atomic E-state index is 0.0655. The van der Waals surface area contributed by atoms with E-state index in [9.17, 15) is 4.79 Å². The van der Waals surface area contributed by atoms with Gasteiger partial charge in [0.05, 0.1) is 0 Å². The summed E-state index contributed by atoms with van der Waals surface area (Å²) in [5.41, 5.74) is 6.99. The van der Waals surface area contributed by atoms with E-state index in [-0.39, 0.29) is 12.0 Å². The summed E-state index contributed by atoms with van der Waals surface area (Å²) in [6.07, 6.45) is 5.74. The van der Waals surface area contributed by atoms with Gasteiger partial charge in [0.15, 0.2) is 0 Å². The zero-order valence-corrected chi connectivity index (χ0v) is 13.9. The van der Waals surface area contributed by atoms with Crippen molar-refractivity contribution in [2.75, 3.05) is 19.7 Å². The molecule has 3 N–H and O–H groups in total. The van der Waals surface area contributed by atoms with Gasteiger partial charge in [-0.2, -0.15) is 0 Å². The Morgan fingerprint density at radius 3 is 3.12 bits per heavy atom. The summed E-state index contributed by atoms with van der Waals surface area (Å²) in [4.78, 5) is 15.6. The van der Waals surface area contributed by atoms with Crippen molar-refractivity contribution in [2.45, 2.75) is 18.9 Å². The lowest BCUT2D eigenvalue weighted by Crippen LogP contribution is -2.27. The Morgan fingerprint density at radius 1 is 1.50 bits per heavy atom. The Labute approximate surface area is 142 Å². The molecule has 6 heteroatoms. The molecule has 0 spiro atoms. The molecule has 1 amide bonds. The number of aromatic nitrogens is 2. The third-order valence-corrected chi connectivity index (χ3v) is 4.54. The number of rotatable bonds is 7. The van der Waals surface area contributed by atoms with Gasteiger partial charge in [-0.1, -0.05) is 12.1 Å². The Morgan fingerprint density at radius 2 is 2.38 bits per heavy atom. The fraction of sp³-hybridized carbons (Fsp3) is 0.444. The highest BCUT2D eigenvalue weighted by molar-refractivity contribution is 5.92. The molecule has 128 valence electrons. The molecule has 0 saturated carbocycles. The highest BCUT2D eigenvalue weighted by Crippen LogP contribution is 2.32. The molecule has 2 atom stereocenters. The van der Waals surface area contributed by atoms with Gasteiger partial charge >= 0.3 is 0 Å². The van der Waals surface area contributed by atoms with E-state index in [0.717, 1.165) is 43.9 Å². The van der Waals surface area contributed by atoms with Crippen molar-refractivity contribution in [2.24, 2.45) is 18.7 Å². The molecule has 0 unspecified atom stereocenters. The third-order valence-electron chi connectivity index (χ3n) is 4.54. The van der Waals surface area contributed by atoms with E-state index in [1.807, 2.05) is 42.2 Å². The van der Waals surface area contributed by atoms with Gasteiger partial charge in [-0.05, 0) is 37.1 Å². The first-order valence-corrected chi connectivity index (χ1v) is 8.33. The quantitative estimate of drug-likeness (QED) is 0.753. The first-order valence-electron chi connectivity index (χ1n) is 8.33. The number of imidazole rings is 1. The van der Waals surface area contributed by atoms with Gasteiger partial charge in [-0.15, -0.1) is 0 Å². The zero-order chi connectivity index (χ0) is 16.9. The maximum Gasteiger partial charge on any atom is 0.248 e. The molecule has 1 aliphatic heterocycles. The number of ether oxygens (including phenoxy) is 1. The van der Waals surface area contributed by atoms with Crippen LogP contribution in [0.3, 0.4) is 0 Å². The minimum Gasteiger partial charge on any atom is -0.370 e. The van der Waals surface area contributed by atoms with E-state index in [4.69, 9.17) is 10.5 Å². The number of benzene rings is 1. The monoisotopic (exact) mass is 328 g/mol. The van der Waals surface area contributed by atoms with E-state index < -0.39 is 0 Å². The molecule has 2 heterocycles. The highest BCUT2D eigenvalue weighted by atomic mass is 16.5. The van der Waals surface area contributed by atoms with E-state index in [1.54, 1.807) is 6.07 Å². The number of primary amides is 1. The topological polar surface area (TPSA) is 82.2 Å². The van der Waals surface area contributed by atoms with Crippen LogP contribution in [0.1, 0.15) is 34.3 Å². The number of nitrogens with two attached hydrogens (primary N) is 1. The largest absolute Gasteiger partial charge is 0.370 e. The summed E-state index contributed by atoms with van der Waals surface area (Å²) in [6, 6.07) is 7.49. The molecule has 0 bridgehead atoms. The number of hydrogen-bond acceptors (Lipinski definition) is 4. The summed E-state index contributed by atoms with van der Waals surface area (Å²) >= 11 is 0. The van der Waals surface area contributed by atoms with Crippen molar-refractivity contribution in [3.05, 3.63) is 53.6 Å². The molecule has 6 nitrogen and oxygen atoms in total. The molecule has 1 fully saturated rings. The second-order valence-electron chi connectivity index (χ2n) is 6.26. The Hall–Kier alpha value is -2.18. The molecule has 1 saturated heterocycles. The van der Waals surface area contributed by atoms with Crippen molar-refractivity contribution in [1.82, 2.24) is 14.9 Å². The summed E-state index contributed by atoms with van der Waals surface area (Å²) in [6.45, 7) is 2.53. The summed E-state index contributed by atoms with van der Waals surface area (Å²) in [5, 5.41) is 3.50. The lowest BCUT2D eigenvalue weighted by molar-refractivity contribution is 0.0812. The average molecular weight is 328 g/mol. The second-order valence-corrected chi connectivity index (χ2v) is 6.26. The number of nitrogens with zero attached hydrogens (tertiary/aromatic N) is 2. The van der Waals surface area contributed by atoms with Crippen molar-refractivity contribution in [1.29, 1.82) is 0 Å². The standard InChI is InChI=1S/C18H24N4O2/c1-22-9-8-21-18(22)16-15(6-10-24-16)12-20-7-5-13-3-2-4-14(11-13)17(19)23/h2-4,8-9,11,15-16,20H,5-7,10,12H2,1H3,(H2,19,23)/t15-,16+/m0/s1. The van der Waals surface area contributed by atoms with Crippen LogP contribution in [0.4, 0.5) is 0 Å². The number of amides is 1. The lowest BCUT2D eigenvalue weighted by atomic mass is 10.0. The van der Waals surface area contributed by atoms with Crippen molar-refractivity contribution in [3.8, 4) is 0 Å². The van der Waals surface area contributed by atoms with Crippen LogP contribution in [0, 0.1) is 5.92 Å². The summed E-state index contributed by atoms with van der Waals surface area (Å²) < 4.78 is 7.90. The van der Waals surface area contributed by atoms with Crippen molar-refractivity contribution >= 4 is 5.91 Å². The van der Waals surface area contributed by atoms with E-state index >= 15 is 0 Å². The molecule has 3 rings (SSSR count). The Kier molecular flexibility index (Phi) is 5.27. The summed E-state index contributed by atoms with van der Waals surface area (Å²) in [5.74, 6) is 1.04. The normalized spacial score (nSPS) is 20.4. The first kappa shape index (κ1) is 16.7. The van der Waals surface area contributed by atoms with E-state index in [1.165, 1.54) is 0 Å². The van der Waals surface area contributed by atoms with Crippen LogP contribution >= 0.6 is 0 Å². The zero-order valence-electron chi connectivity index (χ0n) is 13.9. The van der Waals surface area contributed by atoms with Crippen LogP contribution in [0.25, 0.3) is 0 Å². The van der Waals surface area contributed by atoms with Crippen molar-refractivity contribution in [3.63, 3.8) is 0 Å². The van der Waals surface area contributed by atoms with Gasteiger partial charge < -0.3 is 20.4 Å². The van der Waals surface area contributed by atoms with Crippen LogP contribution < -0.4 is 11.1 Å². The molecule has 24 heavy (non-hydrogen) atoms. The van der Waals surface area contributed by atoms with E-state index in [0.29, 0.717) is 11.5 Å². The first-order chi connectivity index (χ1) is 11.6. The number of carbonyl (C=O) groups excluding carboxylic acids is 1. The smallest absolute Gasteiger partial charge is 0.248 e.